The molecular weight excluding hydrogens is 341 g/mol. The van der Waals surface area contributed by atoms with Crippen LogP contribution >= 0.6 is 24.8 Å². The van der Waals surface area contributed by atoms with Crippen molar-refractivity contribution in [3.8, 4) is 5.69 Å². The van der Waals surface area contributed by atoms with Crippen LogP contribution in [0.5, 0.6) is 0 Å². The summed E-state index contributed by atoms with van der Waals surface area (Å²) in [5.41, 5.74) is 8.14. The van der Waals surface area contributed by atoms with Gasteiger partial charge in [-0.1, -0.05) is 18.2 Å². The second kappa shape index (κ2) is 10.2. The van der Waals surface area contributed by atoms with Gasteiger partial charge in [0.25, 0.3) is 0 Å². The molecule has 0 radical (unpaired) electrons. The van der Waals surface area contributed by atoms with Crippen molar-refractivity contribution in [3.05, 3.63) is 48.0 Å². The van der Waals surface area contributed by atoms with Gasteiger partial charge >= 0.3 is 5.97 Å². The van der Waals surface area contributed by atoms with Crippen LogP contribution in [0.15, 0.2) is 36.8 Å². The molecule has 0 unspecified atom stereocenters. The average molecular weight is 362 g/mol. The smallest absolute Gasteiger partial charge is 0.333 e. The van der Waals surface area contributed by atoms with Crippen LogP contribution in [0.4, 0.5) is 0 Å². The number of benzene rings is 1. The van der Waals surface area contributed by atoms with Gasteiger partial charge in [0.05, 0.1) is 18.6 Å². The minimum absolute atomic E-state index is 0. The van der Waals surface area contributed by atoms with E-state index in [-0.39, 0.29) is 37.8 Å². The lowest BCUT2D eigenvalue weighted by atomic mass is 10.2. The number of carbonyl (C=O) groups is 1. The van der Waals surface area contributed by atoms with Crippen LogP contribution in [-0.4, -0.2) is 39.9 Å². The summed E-state index contributed by atoms with van der Waals surface area (Å²) in [5.74, 6) is -1.01. The monoisotopic (exact) mass is 361 g/mol. The molecule has 23 heavy (non-hydrogen) atoms. The fourth-order valence-electron chi connectivity index (χ4n) is 2.07. The molecule has 0 amide bonds. The zero-order valence-electron chi connectivity index (χ0n) is 12.7. The summed E-state index contributed by atoms with van der Waals surface area (Å²) >= 11 is 0. The Bertz CT molecular complexity index is 620. The van der Waals surface area contributed by atoms with Crippen LogP contribution in [0.1, 0.15) is 11.3 Å². The van der Waals surface area contributed by atoms with E-state index in [4.69, 9.17) is 15.6 Å². The second-order valence-electron chi connectivity index (χ2n) is 4.75. The Hall–Kier alpha value is -1.60. The van der Waals surface area contributed by atoms with Crippen molar-refractivity contribution in [2.45, 2.75) is 19.4 Å². The zero-order valence-corrected chi connectivity index (χ0v) is 14.3. The largest absolute Gasteiger partial charge is 0.479 e. The van der Waals surface area contributed by atoms with E-state index in [0.29, 0.717) is 12.2 Å². The van der Waals surface area contributed by atoms with Crippen LogP contribution in [0.3, 0.4) is 0 Å². The molecule has 3 N–H and O–H groups in total. The molecule has 0 fully saturated rings. The van der Waals surface area contributed by atoms with Crippen molar-refractivity contribution in [2.75, 3.05) is 13.2 Å². The number of halogens is 2. The predicted octanol–water partition coefficient (Wildman–Crippen LogP) is 2.00. The lowest BCUT2D eigenvalue weighted by Crippen LogP contribution is -2.28. The highest BCUT2D eigenvalue weighted by molar-refractivity contribution is 5.85. The number of para-hydroxylation sites is 1. The maximum absolute atomic E-state index is 11.1. The first-order chi connectivity index (χ1) is 10.1. The summed E-state index contributed by atoms with van der Waals surface area (Å²) in [6, 6.07) is 7.92. The van der Waals surface area contributed by atoms with Gasteiger partial charge in [0, 0.05) is 24.8 Å². The highest BCUT2D eigenvalue weighted by atomic mass is 35.5. The Kier molecular flexibility index (Phi) is 9.52. The maximum atomic E-state index is 11.1. The van der Waals surface area contributed by atoms with Crippen molar-refractivity contribution in [1.29, 1.82) is 0 Å². The number of imidazole rings is 1. The first-order valence-electron chi connectivity index (χ1n) is 6.75. The van der Waals surface area contributed by atoms with Gasteiger partial charge in [0.15, 0.2) is 6.10 Å². The van der Waals surface area contributed by atoms with Crippen LogP contribution in [0, 0.1) is 6.92 Å². The third-order valence-electron chi connectivity index (χ3n) is 3.14. The lowest BCUT2D eigenvalue weighted by Gasteiger charge is -2.11. The number of nitrogens with two attached hydrogens (primary N) is 1. The molecule has 1 heterocycles. The van der Waals surface area contributed by atoms with Crippen molar-refractivity contribution >= 4 is 30.8 Å². The minimum atomic E-state index is -1.01. The Morgan fingerprint density at radius 3 is 2.70 bits per heavy atom. The number of carboxylic acids is 1. The van der Waals surface area contributed by atoms with Crippen molar-refractivity contribution in [2.24, 2.45) is 5.73 Å². The summed E-state index contributed by atoms with van der Waals surface area (Å²) in [5, 5.41) is 9.13. The molecule has 1 aromatic heterocycles. The molecule has 0 aliphatic carbocycles. The number of carboxylic acid groups (broad SMARTS) is 1. The molecule has 0 saturated carbocycles. The summed E-state index contributed by atoms with van der Waals surface area (Å²) in [4.78, 5) is 15.4. The van der Waals surface area contributed by atoms with Gasteiger partial charge < -0.3 is 20.1 Å². The topological polar surface area (TPSA) is 90.4 Å². The molecule has 1 atom stereocenters. The normalized spacial score (nSPS) is 11.2. The van der Waals surface area contributed by atoms with Crippen LogP contribution in [0.2, 0.25) is 0 Å². The molecular formula is C15H21Cl2N3O3. The van der Waals surface area contributed by atoms with Crippen molar-refractivity contribution in [1.82, 2.24) is 9.55 Å². The zero-order chi connectivity index (χ0) is 15.2. The molecule has 0 aliphatic heterocycles. The van der Waals surface area contributed by atoms with Crippen molar-refractivity contribution in [3.63, 3.8) is 0 Å². The van der Waals surface area contributed by atoms with Gasteiger partial charge in [0.1, 0.15) is 0 Å². The quantitative estimate of drug-likeness (QED) is 0.786. The number of hydrogen-bond acceptors (Lipinski definition) is 4. The van der Waals surface area contributed by atoms with E-state index < -0.39 is 12.1 Å². The Morgan fingerprint density at radius 1 is 1.39 bits per heavy atom. The van der Waals surface area contributed by atoms with E-state index in [1.165, 1.54) is 0 Å². The standard InChI is InChI=1S/C15H19N3O3.2ClH/c1-11-4-2-3-5-13(11)18-9-12(17-10-18)8-14(15(19)20)21-7-6-16;;/h2-5,9-10,14H,6-8,16H2,1H3,(H,19,20);2*1H/t14-;;/m0../s1. The highest BCUT2D eigenvalue weighted by Gasteiger charge is 2.19. The summed E-state index contributed by atoms with van der Waals surface area (Å²) < 4.78 is 7.10. The summed E-state index contributed by atoms with van der Waals surface area (Å²) in [7, 11) is 0. The predicted molar refractivity (Wildman–Crippen MR) is 92.9 cm³/mol. The number of ether oxygens (including phenoxy) is 1. The fraction of sp³-hybridized carbons (Fsp3) is 0.333. The molecule has 0 bridgehead atoms. The van der Waals surface area contributed by atoms with E-state index >= 15 is 0 Å². The summed E-state index contributed by atoms with van der Waals surface area (Å²) in [6.45, 7) is 2.52. The van der Waals surface area contributed by atoms with Crippen LogP contribution in [-0.2, 0) is 16.0 Å². The molecule has 0 aliphatic rings. The number of hydrogen-bond donors (Lipinski definition) is 2. The van der Waals surface area contributed by atoms with Gasteiger partial charge in [-0.3, -0.25) is 0 Å². The molecule has 2 rings (SSSR count). The number of nitrogens with zero attached hydrogens (tertiary/aromatic N) is 2. The number of aliphatic carboxylic acids is 1. The average Bonchev–Trinajstić information content (AvgIpc) is 2.92. The highest BCUT2D eigenvalue weighted by Crippen LogP contribution is 2.14. The Morgan fingerprint density at radius 2 is 2.09 bits per heavy atom. The van der Waals surface area contributed by atoms with E-state index in [9.17, 15) is 4.79 Å². The van der Waals surface area contributed by atoms with E-state index in [1.807, 2.05) is 42.0 Å². The maximum Gasteiger partial charge on any atom is 0.333 e. The lowest BCUT2D eigenvalue weighted by molar-refractivity contribution is -0.150. The molecule has 128 valence electrons. The van der Waals surface area contributed by atoms with Gasteiger partial charge in [-0.05, 0) is 18.6 Å². The van der Waals surface area contributed by atoms with Gasteiger partial charge in [-0.2, -0.15) is 0 Å². The molecule has 0 spiro atoms. The SMILES string of the molecule is Cc1ccccc1-n1cnc(C[C@H](OCCN)C(=O)O)c1.Cl.Cl. The number of aromatic nitrogens is 2. The molecule has 1 aromatic carbocycles. The second-order valence-corrected chi connectivity index (χ2v) is 4.75. The van der Waals surface area contributed by atoms with Gasteiger partial charge in [-0.15, -0.1) is 24.8 Å². The molecule has 0 saturated heterocycles. The Balaban J connectivity index is 0.00000242. The Labute approximate surface area is 147 Å². The van der Waals surface area contributed by atoms with Crippen LogP contribution in [0.25, 0.3) is 5.69 Å². The number of aryl methyl sites for hydroxylation is 1. The third-order valence-corrected chi connectivity index (χ3v) is 3.14. The molecule has 8 heteroatoms. The van der Waals surface area contributed by atoms with Gasteiger partial charge in [0.2, 0.25) is 0 Å². The molecule has 2 aromatic rings. The third kappa shape index (κ3) is 5.84. The van der Waals surface area contributed by atoms with E-state index in [1.54, 1.807) is 6.33 Å². The summed E-state index contributed by atoms with van der Waals surface area (Å²) in [6.07, 6.45) is 2.80. The first kappa shape index (κ1) is 21.4. The van der Waals surface area contributed by atoms with Crippen LogP contribution < -0.4 is 5.73 Å². The fourth-order valence-corrected chi connectivity index (χ4v) is 2.07. The van der Waals surface area contributed by atoms with E-state index in [0.717, 1.165) is 11.3 Å². The van der Waals surface area contributed by atoms with Crippen molar-refractivity contribution < 1.29 is 14.6 Å². The molecule has 6 nitrogen and oxygen atoms in total. The first-order valence-corrected chi connectivity index (χ1v) is 6.75. The van der Waals surface area contributed by atoms with Gasteiger partial charge in [-0.25, -0.2) is 9.78 Å². The van der Waals surface area contributed by atoms with E-state index in [2.05, 4.69) is 4.98 Å². The minimum Gasteiger partial charge on any atom is -0.479 e. The number of rotatable bonds is 7.